The van der Waals surface area contributed by atoms with Crippen LogP contribution in [0.15, 0.2) is 24.3 Å². The molecule has 0 saturated heterocycles. The van der Waals surface area contributed by atoms with Gasteiger partial charge in [0.1, 0.15) is 5.75 Å². The van der Waals surface area contributed by atoms with Crippen LogP contribution in [-0.2, 0) is 11.3 Å². The second-order valence-corrected chi connectivity index (χ2v) is 4.65. The highest BCUT2D eigenvalue weighted by Crippen LogP contribution is 2.17. The van der Waals surface area contributed by atoms with Gasteiger partial charge in [-0.15, -0.1) is 0 Å². The van der Waals surface area contributed by atoms with Gasteiger partial charge in [-0.1, -0.05) is 25.1 Å². The minimum absolute atomic E-state index is 0.0183. The first-order valence-electron chi connectivity index (χ1n) is 6.16. The first-order valence-corrected chi connectivity index (χ1v) is 6.16. The molecule has 1 aromatic rings. The average Bonchev–Trinajstić information content (AvgIpc) is 2.36. The summed E-state index contributed by atoms with van der Waals surface area (Å²) in [5.41, 5.74) is 0.414. The second kappa shape index (κ2) is 6.40. The third-order valence-corrected chi connectivity index (χ3v) is 2.82. The zero-order valence-corrected chi connectivity index (χ0v) is 11.5. The lowest BCUT2D eigenvalue weighted by molar-refractivity contribution is -0.126. The Morgan fingerprint density at radius 1 is 1.33 bits per heavy atom. The lowest BCUT2D eigenvalue weighted by Crippen LogP contribution is -2.52. The van der Waals surface area contributed by atoms with Crippen LogP contribution in [0.1, 0.15) is 26.3 Å². The van der Waals surface area contributed by atoms with Crippen molar-refractivity contribution in [3.63, 3.8) is 0 Å². The van der Waals surface area contributed by atoms with Gasteiger partial charge in [-0.2, -0.15) is 0 Å². The molecule has 0 radical (unpaired) electrons. The number of hydrogen-bond donors (Lipinski definition) is 2. The number of benzene rings is 1. The number of amides is 1. The third kappa shape index (κ3) is 3.74. The van der Waals surface area contributed by atoms with E-state index in [1.165, 1.54) is 0 Å². The Morgan fingerprint density at radius 3 is 2.61 bits per heavy atom. The molecular weight excluding hydrogens is 228 g/mol. The molecule has 2 N–H and O–H groups in total. The monoisotopic (exact) mass is 250 g/mol. The average molecular weight is 250 g/mol. The molecule has 1 amide bonds. The van der Waals surface area contributed by atoms with Gasteiger partial charge < -0.3 is 15.4 Å². The van der Waals surface area contributed by atoms with Crippen molar-refractivity contribution in [3.05, 3.63) is 29.8 Å². The molecule has 0 aliphatic heterocycles. The van der Waals surface area contributed by atoms with Crippen molar-refractivity contribution in [1.82, 2.24) is 10.6 Å². The number of nitrogens with one attached hydrogen (secondary N) is 2. The number of carbonyl (C=O) groups is 1. The molecule has 4 heteroatoms. The second-order valence-electron chi connectivity index (χ2n) is 4.65. The van der Waals surface area contributed by atoms with E-state index < -0.39 is 5.54 Å². The van der Waals surface area contributed by atoms with Crippen molar-refractivity contribution in [2.75, 3.05) is 13.7 Å². The Morgan fingerprint density at radius 2 is 2.00 bits per heavy atom. The van der Waals surface area contributed by atoms with Crippen molar-refractivity contribution < 1.29 is 9.53 Å². The van der Waals surface area contributed by atoms with Gasteiger partial charge in [0.25, 0.3) is 0 Å². The fraction of sp³-hybridized carbons (Fsp3) is 0.500. The summed E-state index contributed by atoms with van der Waals surface area (Å²) in [5.74, 6) is 0.773. The zero-order valence-electron chi connectivity index (χ0n) is 11.5. The number of likely N-dealkylation sites (N-methyl/N-ethyl adjacent to an activating group) is 1. The van der Waals surface area contributed by atoms with Gasteiger partial charge in [-0.05, 0) is 26.5 Å². The van der Waals surface area contributed by atoms with Gasteiger partial charge in [0.05, 0.1) is 12.6 Å². The SMILES string of the molecule is CCNC(C)(C)C(=O)NCc1ccccc1OC. The topological polar surface area (TPSA) is 50.4 Å². The van der Waals surface area contributed by atoms with Crippen molar-refractivity contribution in [3.8, 4) is 5.75 Å². The molecule has 0 spiro atoms. The Hall–Kier alpha value is -1.55. The largest absolute Gasteiger partial charge is 0.496 e. The Kier molecular flexibility index (Phi) is 5.16. The molecule has 0 atom stereocenters. The molecular formula is C14H22N2O2. The van der Waals surface area contributed by atoms with Gasteiger partial charge in [0.15, 0.2) is 0 Å². The summed E-state index contributed by atoms with van der Waals surface area (Å²) >= 11 is 0. The summed E-state index contributed by atoms with van der Waals surface area (Å²) in [5, 5.41) is 6.06. The number of carbonyl (C=O) groups excluding carboxylic acids is 1. The van der Waals surface area contributed by atoms with E-state index in [2.05, 4.69) is 10.6 Å². The highest BCUT2D eigenvalue weighted by atomic mass is 16.5. The molecule has 0 aliphatic rings. The van der Waals surface area contributed by atoms with E-state index in [-0.39, 0.29) is 5.91 Å². The summed E-state index contributed by atoms with van der Waals surface area (Å²) in [7, 11) is 1.63. The van der Waals surface area contributed by atoms with Gasteiger partial charge in [0.2, 0.25) is 5.91 Å². The Balaban J connectivity index is 2.62. The third-order valence-electron chi connectivity index (χ3n) is 2.82. The van der Waals surface area contributed by atoms with Crippen LogP contribution >= 0.6 is 0 Å². The minimum atomic E-state index is -0.559. The van der Waals surface area contributed by atoms with E-state index in [1.807, 2.05) is 45.0 Å². The Labute approximate surface area is 109 Å². The molecule has 0 saturated carbocycles. The minimum Gasteiger partial charge on any atom is -0.496 e. The van der Waals surface area contributed by atoms with Gasteiger partial charge >= 0.3 is 0 Å². The summed E-state index contributed by atoms with van der Waals surface area (Å²) in [4.78, 5) is 12.0. The summed E-state index contributed by atoms with van der Waals surface area (Å²) in [6.07, 6.45) is 0. The molecule has 4 nitrogen and oxygen atoms in total. The predicted octanol–water partition coefficient (Wildman–Crippen LogP) is 1.70. The first-order chi connectivity index (χ1) is 8.51. The quantitative estimate of drug-likeness (QED) is 0.808. The standard InChI is InChI=1S/C14H22N2O2/c1-5-16-14(2,3)13(17)15-10-11-8-6-7-9-12(11)18-4/h6-9,16H,5,10H2,1-4H3,(H,15,17). The zero-order chi connectivity index (χ0) is 13.6. The maximum absolute atomic E-state index is 12.0. The molecule has 0 bridgehead atoms. The van der Waals surface area contributed by atoms with E-state index in [4.69, 9.17) is 4.74 Å². The van der Waals surface area contributed by atoms with E-state index in [9.17, 15) is 4.79 Å². The molecule has 0 aliphatic carbocycles. The normalized spacial score (nSPS) is 11.1. The van der Waals surface area contributed by atoms with Crippen LogP contribution in [0.3, 0.4) is 0 Å². The van der Waals surface area contributed by atoms with Crippen molar-refractivity contribution in [1.29, 1.82) is 0 Å². The van der Waals surface area contributed by atoms with Crippen molar-refractivity contribution in [2.45, 2.75) is 32.9 Å². The molecule has 1 aromatic carbocycles. The Bertz CT molecular complexity index is 403. The van der Waals surface area contributed by atoms with Gasteiger partial charge in [-0.25, -0.2) is 0 Å². The highest BCUT2D eigenvalue weighted by molar-refractivity contribution is 5.85. The molecule has 0 heterocycles. The molecule has 0 fully saturated rings. The van der Waals surface area contributed by atoms with E-state index in [0.29, 0.717) is 6.54 Å². The maximum atomic E-state index is 12.0. The number of ether oxygens (including phenoxy) is 1. The van der Waals surface area contributed by atoms with Crippen LogP contribution < -0.4 is 15.4 Å². The molecule has 0 unspecified atom stereocenters. The van der Waals surface area contributed by atoms with Crippen LogP contribution in [0, 0.1) is 0 Å². The lowest BCUT2D eigenvalue weighted by atomic mass is 10.0. The van der Waals surface area contributed by atoms with E-state index >= 15 is 0 Å². The number of rotatable bonds is 6. The van der Waals surface area contributed by atoms with Gasteiger partial charge in [0, 0.05) is 12.1 Å². The summed E-state index contributed by atoms with van der Waals surface area (Å²) in [6, 6.07) is 7.67. The van der Waals surface area contributed by atoms with Crippen LogP contribution in [0.4, 0.5) is 0 Å². The number of methoxy groups -OCH3 is 1. The van der Waals surface area contributed by atoms with Gasteiger partial charge in [-0.3, -0.25) is 4.79 Å². The van der Waals surface area contributed by atoms with E-state index in [0.717, 1.165) is 17.9 Å². The lowest BCUT2D eigenvalue weighted by Gasteiger charge is -2.24. The van der Waals surface area contributed by atoms with E-state index in [1.54, 1.807) is 7.11 Å². The molecule has 0 aromatic heterocycles. The molecule has 1 rings (SSSR count). The predicted molar refractivity (Wildman–Crippen MR) is 72.6 cm³/mol. The van der Waals surface area contributed by atoms with Crippen molar-refractivity contribution in [2.24, 2.45) is 0 Å². The fourth-order valence-corrected chi connectivity index (χ4v) is 1.77. The van der Waals surface area contributed by atoms with Crippen LogP contribution in [0.5, 0.6) is 5.75 Å². The van der Waals surface area contributed by atoms with Crippen LogP contribution in [-0.4, -0.2) is 25.1 Å². The fourth-order valence-electron chi connectivity index (χ4n) is 1.77. The highest BCUT2D eigenvalue weighted by Gasteiger charge is 2.25. The molecule has 100 valence electrons. The number of hydrogen-bond acceptors (Lipinski definition) is 3. The van der Waals surface area contributed by atoms with Crippen LogP contribution in [0.2, 0.25) is 0 Å². The number of para-hydroxylation sites is 1. The smallest absolute Gasteiger partial charge is 0.239 e. The summed E-state index contributed by atoms with van der Waals surface area (Å²) in [6.45, 7) is 6.95. The first kappa shape index (κ1) is 14.5. The van der Waals surface area contributed by atoms with Crippen molar-refractivity contribution >= 4 is 5.91 Å². The molecule has 18 heavy (non-hydrogen) atoms. The summed E-state index contributed by atoms with van der Waals surface area (Å²) < 4.78 is 5.24. The van der Waals surface area contributed by atoms with Crippen LogP contribution in [0.25, 0.3) is 0 Å². The maximum Gasteiger partial charge on any atom is 0.239 e.